The lowest BCUT2D eigenvalue weighted by atomic mass is 10.0. The van der Waals surface area contributed by atoms with Crippen LogP contribution in [-0.2, 0) is 20.7 Å². The number of carbonyl (C=O) groups excluding carboxylic acids is 2. The van der Waals surface area contributed by atoms with Crippen molar-refractivity contribution in [2.45, 2.75) is 44.8 Å². The summed E-state index contributed by atoms with van der Waals surface area (Å²) >= 11 is 0. The van der Waals surface area contributed by atoms with Crippen LogP contribution in [0.1, 0.15) is 31.7 Å². The van der Waals surface area contributed by atoms with E-state index in [2.05, 4.69) is 10.6 Å². The molecule has 2 amide bonds. The van der Waals surface area contributed by atoms with Gasteiger partial charge in [-0.15, -0.1) is 0 Å². The molecule has 2 aliphatic heterocycles. The molecule has 6 nitrogen and oxygen atoms in total. The van der Waals surface area contributed by atoms with Gasteiger partial charge in [0.2, 0.25) is 5.91 Å². The number of amides is 2. The van der Waals surface area contributed by atoms with E-state index in [1.807, 2.05) is 19.1 Å². The van der Waals surface area contributed by atoms with Gasteiger partial charge in [0.25, 0.3) is 5.91 Å². The SMILES string of the molecule is C[C@@H](NC(=O)COc1ccc2c(c1)CCC(=O)N2)[C@H]1CCCO1. The Kier molecular flexibility index (Phi) is 4.81. The van der Waals surface area contributed by atoms with Crippen LogP contribution in [0.2, 0.25) is 0 Å². The van der Waals surface area contributed by atoms with Crippen LogP contribution in [0.4, 0.5) is 5.69 Å². The van der Waals surface area contributed by atoms with Crippen LogP contribution >= 0.6 is 0 Å². The number of anilines is 1. The number of nitrogens with one attached hydrogen (secondary N) is 2. The predicted molar refractivity (Wildman–Crippen MR) is 85.5 cm³/mol. The molecule has 23 heavy (non-hydrogen) atoms. The Labute approximate surface area is 135 Å². The van der Waals surface area contributed by atoms with Crippen molar-refractivity contribution in [3.8, 4) is 5.75 Å². The molecule has 1 aromatic rings. The van der Waals surface area contributed by atoms with Gasteiger partial charge in [-0.3, -0.25) is 9.59 Å². The zero-order valence-electron chi connectivity index (χ0n) is 13.3. The third kappa shape index (κ3) is 4.01. The number of fused-ring (bicyclic) bond motifs is 1. The lowest BCUT2D eigenvalue weighted by Crippen LogP contribution is -2.42. The summed E-state index contributed by atoms with van der Waals surface area (Å²) < 4.78 is 11.1. The van der Waals surface area contributed by atoms with Gasteiger partial charge < -0.3 is 20.1 Å². The van der Waals surface area contributed by atoms with Gasteiger partial charge in [-0.2, -0.15) is 0 Å². The van der Waals surface area contributed by atoms with Gasteiger partial charge in [0.15, 0.2) is 6.61 Å². The standard InChI is InChI=1S/C17H22N2O4/c1-11(15-3-2-8-22-15)18-17(21)10-23-13-5-6-14-12(9-13)4-7-16(20)19-14/h5-6,9,11,15H,2-4,7-8,10H2,1H3,(H,18,21)(H,19,20)/t11-,15-/m1/s1. The smallest absolute Gasteiger partial charge is 0.258 e. The van der Waals surface area contributed by atoms with Gasteiger partial charge in [0.05, 0.1) is 12.1 Å². The summed E-state index contributed by atoms with van der Waals surface area (Å²) in [6.07, 6.45) is 3.31. The molecule has 124 valence electrons. The minimum atomic E-state index is -0.154. The maximum absolute atomic E-state index is 12.0. The number of hydrogen-bond acceptors (Lipinski definition) is 4. The Bertz CT molecular complexity index is 596. The zero-order chi connectivity index (χ0) is 16.2. The molecular formula is C17H22N2O4. The molecule has 1 saturated heterocycles. The van der Waals surface area contributed by atoms with Crippen LogP contribution in [0.15, 0.2) is 18.2 Å². The Morgan fingerprint density at radius 1 is 1.48 bits per heavy atom. The fraction of sp³-hybridized carbons (Fsp3) is 0.529. The van der Waals surface area contributed by atoms with Gasteiger partial charge in [-0.05, 0) is 49.9 Å². The first-order valence-electron chi connectivity index (χ1n) is 8.08. The molecule has 0 spiro atoms. The summed E-state index contributed by atoms with van der Waals surface area (Å²) in [4.78, 5) is 23.3. The normalized spacial score (nSPS) is 21.3. The molecule has 1 aromatic carbocycles. The highest BCUT2D eigenvalue weighted by atomic mass is 16.5. The summed E-state index contributed by atoms with van der Waals surface area (Å²) in [6, 6.07) is 5.45. The van der Waals surface area contributed by atoms with Gasteiger partial charge >= 0.3 is 0 Å². The van der Waals surface area contributed by atoms with Crippen molar-refractivity contribution < 1.29 is 19.1 Å². The number of rotatable bonds is 5. The largest absolute Gasteiger partial charge is 0.484 e. The number of ether oxygens (including phenoxy) is 2. The van der Waals surface area contributed by atoms with Crippen molar-refractivity contribution >= 4 is 17.5 Å². The van der Waals surface area contributed by atoms with E-state index >= 15 is 0 Å². The Balaban J connectivity index is 1.50. The lowest BCUT2D eigenvalue weighted by Gasteiger charge is -2.20. The monoisotopic (exact) mass is 318 g/mol. The van der Waals surface area contributed by atoms with Crippen molar-refractivity contribution in [2.24, 2.45) is 0 Å². The average Bonchev–Trinajstić information content (AvgIpc) is 3.07. The van der Waals surface area contributed by atoms with E-state index in [1.54, 1.807) is 6.07 Å². The summed E-state index contributed by atoms with van der Waals surface area (Å²) in [5, 5.41) is 5.74. The molecule has 1 fully saturated rings. The van der Waals surface area contributed by atoms with E-state index < -0.39 is 0 Å². The molecule has 0 aliphatic carbocycles. The van der Waals surface area contributed by atoms with Crippen LogP contribution in [0.25, 0.3) is 0 Å². The van der Waals surface area contributed by atoms with Gasteiger partial charge in [-0.1, -0.05) is 0 Å². The van der Waals surface area contributed by atoms with E-state index in [9.17, 15) is 9.59 Å². The molecule has 0 saturated carbocycles. The average molecular weight is 318 g/mol. The second-order valence-electron chi connectivity index (χ2n) is 6.06. The first kappa shape index (κ1) is 15.8. The summed E-state index contributed by atoms with van der Waals surface area (Å²) in [5.74, 6) is 0.521. The summed E-state index contributed by atoms with van der Waals surface area (Å²) in [6.45, 7) is 2.70. The molecule has 2 heterocycles. The molecule has 3 rings (SSSR count). The fourth-order valence-corrected chi connectivity index (χ4v) is 2.98. The molecular weight excluding hydrogens is 296 g/mol. The van der Waals surface area contributed by atoms with Crippen LogP contribution < -0.4 is 15.4 Å². The Morgan fingerprint density at radius 2 is 2.35 bits per heavy atom. The first-order chi connectivity index (χ1) is 11.1. The molecule has 0 radical (unpaired) electrons. The molecule has 0 bridgehead atoms. The number of carbonyl (C=O) groups is 2. The fourth-order valence-electron chi connectivity index (χ4n) is 2.98. The molecule has 2 N–H and O–H groups in total. The van der Waals surface area contributed by atoms with E-state index in [0.29, 0.717) is 18.6 Å². The van der Waals surface area contributed by atoms with Crippen LogP contribution in [-0.4, -0.2) is 37.2 Å². The highest BCUT2D eigenvalue weighted by Crippen LogP contribution is 2.26. The lowest BCUT2D eigenvalue weighted by molar-refractivity contribution is -0.124. The highest BCUT2D eigenvalue weighted by Gasteiger charge is 2.23. The zero-order valence-corrected chi connectivity index (χ0v) is 13.3. The third-order valence-corrected chi connectivity index (χ3v) is 4.25. The van der Waals surface area contributed by atoms with E-state index in [4.69, 9.17) is 9.47 Å². The van der Waals surface area contributed by atoms with Crippen LogP contribution in [0.3, 0.4) is 0 Å². The number of hydrogen-bond donors (Lipinski definition) is 2. The number of aryl methyl sites for hydroxylation is 1. The molecule has 2 aliphatic rings. The summed E-state index contributed by atoms with van der Waals surface area (Å²) in [7, 11) is 0. The quantitative estimate of drug-likeness (QED) is 0.865. The second kappa shape index (κ2) is 7.00. The maximum Gasteiger partial charge on any atom is 0.258 e. The third-order valence-electron chi connectivity index (χ3n) is 4.25. The minimum absolute atomic E-state index is 0.00709. The van der Waals surface area contributed by atoms with Crippen molar-refractivity contribution in [2.75, 3.05) is 18.5 Å². The van der Waals surface area contributed by atoms with Crippen molar-refractivity contribution in [1.82, 2.24) is 5.32 Å². The van der Waals surface area contributed by atoms with Crippen LogP contribution in [0, 0.1) is 0 Å². The van der Waals surface area contributed by atoms with Crippen LogP contribution in [0.5, 0.6) is 5.75 Å². The predicted octanol–water partition coefficient (Wildman–Crippen LogP) is 1.63. The Hall–Kier alpha value is -2.08. The van der Waals surface area contributed by atoms with Crippen molar-refractivity contribution in [3.63, 3.8) is 0 Å². The van der Waals surface area contributed by atoms with E-state index in [0.717, 1.165) is 30.7 Å². The van der Waals surface area contributed by atoms with Gasteiger partial charge in [0.1, 0.15) is 5.75 Å². The molecule has 0 aromatic heterocycles. The molecule has 6 heteroatoms. The Morgan fingerprint density at radius 3 is 3.13 bits per heavy atom. The summed E-state index contributed by atoms with van der Waals surface area (Å²) in [5.41, 5.74) is 1.86. The number of benzene rings is 1. The minimum Gasteiger partial charge on any atom is -0.484 e. The first-order valence-corrected chi connectivity index (χ1v) is 8.08. The second-order valence-corrected chi connectivity index (χ2v) is 6.06. The highest BCUT2D eigenvalue weighted by molar-refractivity contribution is 5.94. The van der Waals surface area contributed by atoms with E-state index in [1.165, 1.54) is 0 Å². The maximum atomic E-state index is 12.0. The van der Waals surface area contributed by atoms with Crippen molar-refractivity contribution in [3.05, 3.63) is 23.8 Å². The topological polar surface area (TPSA) is 76.7 Å². The van der Waals surface area contributed by atoms with Crippen molar-refractivity contribution in [1.29, 1.82) is 0 Å². The van der Waals surface area contributed by atoms with Gasteiger partial charge in [0, 0.05) is 18.7 Å². The van der Waals surface area contributed by atoms with E-state index in [-0.39, 0.29) is 30.6 Å². The molecule has 2 atom stereocenters. The molecule has 0 unspecified atom stereocenters. The van der Waals surface area contributed by atoms with Gasteiger partial charge in [-0.25, -0.2) is 0 Å².